The lowest BCUT2D eigenvalue weighted by molar-refractivity contribution is 0.1000. The maximum absolute atomic E-state index is 13.9. The first-order valence-corrected chi connectivity index (χ1v) is 7.53. The summed E-state index contributed by atoms with van der Waals surface area (Å²) in [5.41, 5.74) is 12.5. The van der Waals surface area contributed by atoms with E-state index in [1.54, 1.807) is 25.1 Å². The first kappa shape index (κ1) is 15.2. The van der Waals surface area contributed by atoms with Crippen LogP contribution in [0.3, 0.4) is 0 Å². The molecule has 110 valence electrons. The number of nitrogen functional groups attached to an aromatic ring is 1. The van der Waals surface area contributed by atoms with Gasteiger partial charge >= 0.3 is 0 Å². The standard InChI is InChI=1S/C15H15FN2O2S/c1-9-13(17)3-2-4-14(9)21(20)8-11-6-5-10(15(18)19)7-12(11)16/h2-7H,8,17H2,1H3,(H2,18,19). The summed E-state index contributed by atoms with van der Waals surface area (Å²) < 4.78 is 26.3. The van der Waals surface area contributed by atoms with Gasteiger partial charge in [-0.05, 0) is 36.8 Å². The summed E-state index contributed by atoms with van der Waals surface area (Å²) in [6, 6.07) is 9.04. The molecule has 0 bridgehead atoms. The maximum atomic E-state index is 13.9. The molecule has 1 atom stereocenters. The monoisotopic (exact) mass is 306 g/mol. The van der Waals surface area contributed by atoms with Crippen molar-refractivity contribution in [2.24, 2.45) is 5.73 Å². The van der Waals surface area contributed by atoms with Crippen LogP contribution in [0.2, 0.25) is 0 Å². The lowest BCUT2D eigenvalue weighted by atomic mass is 10.1. The van der Waals surface area contributed by atoms with Crippen molar-refractivity contribution >= 4 is 22.4 Å². The second-order valence-corrected chi connectivity index (χ2v) is 6.05. The van der Waals surface area contributed by atoms with Gasteiger partial charge < -0.3 is 11.5 Å². The fourth-order valence-corrected chi connectivity index (χ4v) is 3.28. The van der Waals surface area contributed by atoms with Gasteiger partial charge in [-0.1, -0.05) is 12.1 Å². The van der Waals surface area contributed by atoms with E-state index in [9.17, 15) is 13.4 Å². The predicted molar refractivity (Wildman–Crippen MR) is 80.6 cm³/mol. The highest BCUT2D eigenvalue weighted by Gasteiger charge is 2.13. The van der Waals surface area contributed by atoms with Crippen LogP contribution in [-0.2, 0) is 16.6 Å². The highest BCUT2D eigenvalue weighted by Crippen LogP contribution is 2.22. The maximum Gasteiger partial charge on any atom is 0.248 e. The summed E-state index contributed by atoms with van der Waals surface area (Å²) in [7, 11) is -1.42. The van der Waals surface area contributed by atoms with Gasteiger partial charge in [-0.25, -0.2) is 4.39 Å². The molecule has 6 heteroatoms. The van der Waals surface area contributed by atoms with Crippen molar-refractivity contribution in [3.05, 3.63) is 58.9 Å². The molecule has 0 saturated heterocycles. The smallest absolute Gasteiger partial charge is 0.248 e. The number of carbonyl (C=O) groups is 1. The van der Waals surface area contributed by atoms with Gasteiger partial charge in [0.1, 0.15) is 5.82 Å². The summed E-state index contributed by atoms with van der Waals surface area (Å²) in [6.07, 6.45) is 0. The van der Waals surface area contributed by atoms with E-state index < -0.39 is 22.5 Å². The van der Waals surface area contributed by atoms with Crippen LogP contribution in [0.5, 0.6) is 0 Å². The van der Waals surface area contributed by atoms with E-state index in [0.717, 1.165) is 11.6 Å². The number of benzene rings is 2. The van der Waals surface area contributed by atoms with Gasteiger partial charge in [-0.3, -0.25) is 9.00 Å². The number of nitrogens with two attached hydrogens (primary N) is 2. The molecule has 0 aromatic heterocycles. The van der Waals surface area contributed by atoms with Crippen LogP contribution in [0, 0.1) is 12.7 Å². The SMILES string of the molecule is Cc1c(N)cccc1S(=O)Cc1ccc(C(N)=O)cc1F. The third-order valence-electron chi connectivity index (χ3n) is 3.20. The molecule has 4 nitrogen and oxygen atoms in total. The summed E-state index contributed by atoms with van der Waals surface area (Å²) in [6.45, 7) is 1.77. The topological polar surface area (TPSA) is 86.2 Å². The minimum Gasteiger partial charge on any atom is -0.398 e. The summed E-state index contributed by atoms with van der Waals surface area (Å²) >= 11 is 0. The van der Waals surface area contributed by atoms with Crippen LogP contribution in [0.15, 0.2) is 41.3 Å². The molecule has 0 radical (unpaired) electrons. The Morgan fingerprint density at radius 1 is 1.29 bits per heavy atom. The molecule has 4 N–H and O–H groups in total. The minimum atomic E-state index is -1.42. The van der Waals surface area contributed by atoms with Crippen molar-refractivity contribution in [2.75, 3.05) is 5.73 Å². The average Bonchev–Trinajstić information content (AvgIpc) is 2.43. The van der Waals surface area contributed by atoms with E-state index in [0.29, 0.717) is 10.6 Å². The molecule has 2 aromatic carbocycles. The molecule has 1 amide bonds. The fraction of sp³-hybridized carbons (Fsp3) is 0.133. The van der Waals surface area contributed by atoms with Gasteiger partial charge in [0.2, 0.25) is 5.91 Å². The number of halogens is 1. The Bertz CT molecular complexity index is 732. The highest BCUT2D eigenvalue weighted by atomic mass is 32.2. The van der Waals surface area contributed by atoms with Crippen molar-refractivity contribution in [3.8, 4) is 0 Å². The number of rotatable bonds is 4. The van der Waals surface area contributed by atoms with Crippen molar-refractivity contribution in [3.63, 3.8) is 0 Å². The van der Waals surface area contributed by atoms with Crippen LogP contribution in [0.1, 0.15) is 21.5 Å². The van der Waals surface area contributed by atoms with Gasteiger partial charge in [-0.2, -0.15) is 0 Å². The molecular weight excluding hydrogens is 291 g/mol. The normalized spacial score (nSPS) is 12.1. The summed E-state index contributed by atoms with van der Waals surface area (Å²) in [4.78, 5) is 11.5. The number of hydrogen-bond acceptors (Lipinski definition) is 3. The van der Waals surface area contributed by atoms with Crippen molar-refractivity contribution < 1.29 is 13.4 Å². The molecule has 21 heavy (non-hydrogen) atoms. The molecule has 0 saturated carbocycles. The molecule has 0 aliphatic heterocycles. The number of hydrogen-bond donors (Lipinski definition) is 2. The quantitative estimate of drug-likeness (QED) is 0.848. The number of anilines is 1. The van der Waals surface area contributed by atoms with Crippen molar-refractivity contribution in [1.29, 1.82) is 0 Å². The van der Waals surface area contributed by atoms with E-state index in [1.807, 2.05) is 0 Å². The number of amides is 1. The van der Waals surface area contributed by atoms with E-state index in [2.05, 4.69) is 0 Å². The molecule has 2 aromatic rings. The van der Waals surface area contributed by atoms with Gasteiger partial charge in [0.05, 0.1) is 16.6 Å². The third-order valence-corrected chi connectivity index (χ3v) is 4.70. The van der Waals surface area contributed by atoms with Crippen LogP contribution in [-0.4, -0.2) is 10.1 Å². The first-order valence-electron chi connectivity index (χ1n) is 6.22. The largest absolute Gasteiger partial charge is 0.398 e. The predicted octanol–water partition coefficient (Wildman–Crippen LogP) is 2.12. The average molecular weight is 306 g/mol. The van der Waals surface area contributed by atoms with Gasteiger partial charge in [0.15, 0.2) is 0 Å². The molecule has 2 rings (SSSR count). The Morgan fingerprint density at radius 2 is 2.00 bits per heavy atom. The lowest BCUT2D eigenvalue weighted by Gasteiger charge is -2.09. The molecule has 0 fully saturated rings. The summed E-state index contributed by atoms with van der Waals surface area (Å²) in [5.74, 6) is -1.29. The van der Waals surface area contributed by atoms with Crippen molar-refractivity contribution in [1.82, 2.24) is 0 Å². The van der Waals surface area contributed by atoms with Crippen molar-refractivity contribution in [2.45, 2.75) is 17.6 Å². The second-order valence-electron chi connectivity index (χ2n) is 4.63. The molecule has 1 unspecified atom stereocenters. The molecule has 0 aliphatic rings. The van der Waals surface area contributed by atoms with Gasteiger partial charge in [-0.15, -0.1) is 0 Å². The molecule has 0 heterocycles. The van der Waals surface area contributed by atoms with Crippen LogP contribution >= 0.6 is 0 Å². The Labute approximate surface area is 124 Å². The van der Waals surface area contributed by atoms with E-state index in [4.69, 9.17) is 11.5 Å². The lowest BCUT2D eigenvalue weighted by Crippen LogP contribution is -2.12. The van der Waals surface area contributed by atoms with Gasteiger partial charge in [0.25, 0.3) is 0 Å². The molecule has 0 spiro atoms. The minimum absolute atomic E-state index is 0.00910. The summed E-state index contributed by atoms with van der Waals surface area (Å²) in [5, 5.41) is 0. The zero-order valence-electron chi connectivity index (χ0n) is 11.4. The van der Waals surface area contributed by atoms with E-state index >= 15 is 0 Å². The molecule has 0 aliphatic carbocycles. The molecular formula is C15H15FN2O2S. The Morgan fingerprint density at radius 3 is 2.62 bits per heavy atom. The van der Waals surface area contributed by atoms with E-state index in [1.165, 1.54) is 12.1 Å². The van der Waals surface area contributed by atoms with Crippen LogP contribution in [0.25, 0.3) is 0 Å². The Kier molecular flexibility index (Phi) is 4.37. The Hall–Kier alpha value is -2.21. The second kappa shape index (κ2) is 6.05. The number of primary amides is 1. The van der Waals surface area contributed by atoms with E-state index in [-0.39, 0.29) is 16.9 Å². The zero-order valence-corrected chi connectivity index (χ0v) is 12.2. The third kappa shape index (κ3) is 3.28. The van der Waals surface area contributed by atoms with Crippen LogP contribution < -0.4 is 11.5 Å². The highest BCUT2D eigenvalue weighted by molar-refractivity contribution is 7.84. The Balaban J connectivity index is 2.28. The first-order chi connectivity index (χ1) is 9.90. The zero-order chi connectivity index (χ0) is 15.6. The van der Waals surface area contributed by atoms with Crippen LogP contribution in [0.4, 0.5) is 10.1 Å². The fourth-order valence-electron chi connectivity index (χ4n) is 1.91. The van der Waals surface area contributed by atoms with Gasteiger partial charge in [0, 0.05) is 21.7 Å². The number of carbonyl (C=O) groups excluding carboxylic acids is 1.